The van der Waals surface area contributed by atoms with Crippen molar-refractivity contribution in [1.82, 2.24) is 10.6 Å². The summed E-state index contributed by atoms with van der Waals surface area (Å²) in [6.45, 7) is 1.87. The van der Waals surface area contributed by atoms with Gasteiger partial charge in [0.25, 0.3) is 0 Å². The second-order valence-corrected chi connectivity index (χ2v) is 10.0. The molecule has 2 atom stereocenters. The molecule has 0 bridgehead atoms. The summed E-state index contributed by atoms with van der Waals surface area (Å²) < 4.78 is 26.5. The van der Waals surface area contributed by atoms with Gasteiger partial charge in [-0.3, -0.25) is 14.4 Å². The molecule has 222 valence electrons. The van der Waals surface area contributed by atoms with Gasteiger partial charge in [0, 0.05) is 19.8 Å². The quantitative estimate of drug-likeness (QED) is 0.205. The van der Waals surface area contributed by atoms with Gasteiger partial charge in [-0.15, -0.1) is 0 Å². The Kier molecular flexibility index (Phi) is 10.9. The maximum absolute atomic E-state index is 14.3. The van der Waals surface area contributed by atoms with E-state index in [2.05, 4.69) is 10.6 Å². The van der Waals surface area contributed by atoms with Crippen LogP contribution in [0.5, 0.6) is 11.5 Å². The van der Waals surface area contributed by atoms with Gasteiger partial charge in [0.05, 0.1) is 0 Å². The van der Waals surface area contributed by atoms with Gasteiger partial charge < -0.3 is 25.8 Å². The third kappa shape index (κ3) is 9.43. The van der Waals surface area contributed by atoms with E-state index in [0.29, 0.717) is 23.7 Å². The Morgan fingerprint density at radius 3 is 1.86 bits per heavy atom. The van der Waals surface area contributed by atoms with E-state index in [1.54, 1.807) is 24.3 Å². The lowest BCUT2D eigenvalue weighted by molar-refractivity contribution is -0.130. The minimum absolute atomic E-state index is 0.0498. The molecule has 4 aromatic carbocycles. The van der Waals surface area contributed by atoms with Crippen molar-refractivity contribution in [2.75, 3.05) is 0 Å². The van der Waals surface area contributed by atoms with E-state index >= 15 is 0 Å². The highest BCUT2D eigenvalue weighted by Gasteiger charge is 2.26. The Labute approximate surface area is 250 Å². The highest BCUT2D eigenvalue weighted by molar-refractivity contribution is 5.91. The molecule has 3 amide bonds. The molecule has 0 radical (unpaired) electrons. The van der Waals surface area contributed by atoms with E-state index in [4.69, 9.17) is 15.2 Å². The van der Waals surface area contributed by atoms with E-state index in [9.17, 15) is 18.8 Å². The van der Waals surface area contributed by atoms with Crippen LogP contribution in [0.3, 0.4) is 0 Å². The first-order valence-corrected chi connectivity index (χ1v) is 13.8. The standard InChI is InChI=1S/C34H34FN3O5/c1-23(39)37-30(20-27-14-8-9-15-28(27)35)34(41)38-29(33(36)40)18-26-16-17-31(42-21-24-10-4-2-5-11-24)32(19-26)43-22-25-12-6-3-7-13-25/h2-17,19,29-30H,18,20-22H2,1H3,(H2,36,40)(H,37,39)(H,38,41)/t29-,30-/m0/s1. The Morgan fingerprint density at radius 2 is 1.28 bits per heavy atom. The smallest absolute Gasteiger partial charge is 0.243 e. The second kappa shape index (κ2) is 15.2. The molecule has 0 aliphatic heterocycles. The third-order valence-electron chi connectivity index (χ3n) is 6.66. The van der Waals surface area contributed by atoms with Crippen LogP contribution < -0.4 is 25.8 Å². The zero-order chi connectivity index (χ0) is 30.6. The third-order valence-corrected chi connectivity index (χ3v) is 6.66. The first-order chi connectivity index (χ1) is 20.8. The van der Waals surface area contributed by atoms with Crippen molar-refractivity contribution in [2.45, 2.75) is 45.1 Å². The van der Waals surface area contributed by atoms with Gasteiger partial charge in [0.1, 0.15) is 31.1 Å². The molecule has 0 heterocycles. The number of nitrogens with two attached hydrogens (primary N) is 1. The number of nitrogens with one attached hydrogen (secondary N) is 2. The molecule has 0 aliphatic rings. The minimum atomic E-state index is -1.12. The molecular weight excluding hydrogens is 549 g/mol. The van der Waals surface area contributed by atoms with Crippen molar-refractivity contribution in [1.29, 1.82) is 0 Å². The number of rotatable bonds is 14. The van der Waals surface area contributed by atoms with Crippen molar-refractivity contribution in [3.8, 4) is 11.5 Å². The van der Waals surface area contributed by atoms with Gasteiger partial charge in [-0.25, -0.2) is 4.39 Å². The Bertz CT molecular complexity index is 1530. The lowest BCUT2D eigenvalue weighted by Crippen LogP contribution is -2.54. The van der Waals surface area contributed by atoms with E-state index in [1.807, 2.05) is 60.7 Å². The summed E-state index contributed by atoms with van der Waals surface area (Å²) in [6.07, 6.45) is -0.0529. The van der Waals surface area contributed by atoms with Gasteiger partial charge in [0.2, 0.25) is 17.7 Å². The molecule has 0 saturated carbocycles. The van der Waals surface area contributed by atoms with Gasteiger partial charge >= 0.3 is 0 Å². The summed E-state index contributed by atoms with van der Waals surface area (Å²) in [5, 5.41) is 5.16. The fourth-order valence-corrected chi connectivity index (χ4v) is 4.45. The molecule has 8 nitrogen and oxygen atoms in total. The Balaban J connectivity index is 1.51. The number of ether oxygens (including phenoxy) is 2. The SMILES string of the molecule is CC(=O)N[C@@H](Cc1ccccc1F)C(=O)N[C@@H](Cc1ccc(OCc2ccccc2)c(OCc2ccccc2)c1)C(N)=O. The average Bonchev–Trinajstić information content (AvgIpc) is 3.00. The number of hydrogen-bond acceptors (Lipinski definition) is 5. The van der Waals surface area contributed by atoms with E-state index < -0.39 is 35.6 Å². The number of halogens is 1. The molecule has 4 aromatic rings. The molecule has 0 unspecified atom stereocenters. The maximum atomic E-state index is 14.3. The second-order valence-electron chi connectivity index (χ2n) is 10.0. The van der Waals surface area contributed by atoms with E-state index in [0.717, 1.165) is 11.1 Å². The topological polar surface area (TPSA) is 120 Å². The fourth-order valence-electron chi connectivity index (χ4n) is 4.45. The summed E-state index contributed by atoms with van der Waals surface area (Å²) in [7, 11) is 0. The van der Waals surface area contributed by atoms with Gasteiger partial charge in [-0.05, 0) is 40.5 Å². The van der Waals surface area contributed by atoms with Gasteiger partial charge in [0.15, 0.2) is 11.5 Å². The maximum Gasteiger partial charge on any atom is 0.243 e. The molecule has 0 fully saturated rings. The highest BCUT2D eigenvalue weighted by atomic mass is 19.1. The number of carbonyl (C=O) groups excluding carboxylic acids is 3. The van der Waals surface area contributed by atoms with Crippen LogP contribution in [-0.2, 0) is 40.4 Å². The number of primary amides is 1. The molecule has 0 spiro atoms. The zero-order valence-corrected chi connectivity index (χ0v) is 23.8. The number of amides is 3. The summed E-state index contributed by atoms with van der Waals surface area (Å²) in [5.41, 5.74) is 8.52. The monoisotopic (exact) mass is 583 g/mol. The molecule has 0 aliphatic carbocycles. The predicted molar refractivity (Wildman–Crippen MR) is 161 cm³/mol. The predicted octanol–water partition coefficient (Wildman–Crippen LogP) is 4.24. The van der Waals surface area contributed by atoms with Crippen LogP contribution in [0.15, 0.2) is 103 Å². The number of carbonyl (C=O) groups is 3. The first kappa shape index (κ1) is 30.8. The van der Waals surface area contributed by atoms with Crippen LogP contribution in [0.4, 0.5) is 4.39 Å². The van der Waals surface area contributed by atoms with Crippen LogP contribution in [-0.4, -0.2) is 29.8 Å². The van der Waals surface area contributed by atoms with Crippen molar-refractivity contribution in [2.24, 2.45) is 5.73 Å². The molecule has 0 saturated heterocycles. The van der Waals surface area contributed by atoms with E-state index in [-0.39, 0.29) is 25.0 Å². The Hall–Kier alpha value is -5.18. The van der Waals surface area contributed by atoms with Crippen molar-refractivity contribution in [3.63, 3.8) is 0 Å². The van der Waals surface area contributed by atoms with Crippen molar-refractivity contribution < 1.29 is 28.2 Å². The number of benzene rings is 4. The van der Waals surface area contributed by atoms with Crippen LogP contribution in [0, 0.1) is 5.82 Å². The highest BCUT2D eigenvalue weighted by Crippen LogP contribution is 2.30. The van der Waals surface area contributed by atoms with Gasteiger partial charge in [-0.2, -0.15) is 0 Å². The molecule has 4 N–H and O–H groups in total. The molecule has 43 heavy (non-hydrogen) atoms. The molecule has 9 heteroatoms. The minimum Gasteiger partial charge on any atom is -0.485 e. The van der Waals surface area contributed by atoms with E-state index in [1.165, 1.54) is 25.1 Å². The van der Waals surface area contributed by atoms with Crippen LogP contribution >= 0.6 is 0 Å². The van der Waals surface area contributed by atoms with Crippen LogP contribution in [0.1, 0.15) is 29.2 Å². The molecule has 4 rings (SSSR count). The summed E-state index contributed by atoms with van der Waals surface area (Å²) >= 11 is 0. The Morgan fingerprint density at radius 1 is 0.698 bits per heavy atom. The summed E-state index contributed by atoms with van der Waals surface area (Å²) in [5.74, 6) is -1.43. The molecule has 0 aromatic heterocycles. The largest absolute Gasteiger partial charge is 0.485 e. The normalized spacial score (nSPS) is 12.0. The zero-order valence-electron chi connectivity index (χ0n) is 23.8. The van der Waals surface area contributed by atoms with Crippen molar-refractivity contribution >= 4 is 17.7 Å². The van der Waals surface area contributed by atoms with Gasteiger partial charge in [-0.1, -0.05) is 84.9 Å². The summed E-state index contributed by atoms with van der Waals surface area (Å²) in [6, 6.07) is 28.4. The van der Waals surface area contributed by atoms with Crippen LogP contribution in [0.2, 0.25) is 0 Å². The lowest BCUT2D eigenvalue weighted by Gasteiger charge is -2.22. The van der Waals surface area contributed by atoms with Crippen molar-refractivity contribution in [3.05, 3.63) is 131 Å². The fraction of sp³-hybridized carbons (Fsp3) is 0.206. The summed E-state index contributed by atoms with van der Waals surface area (Å²) in [4.78, 5) is 37.4. The first-order valence-electron chi connectivity index (χ1n) is 13.8. The average molecular weight is 584 g/mol. The van der Waals surface area contributed by atoms with Crippen LogP contribution in [0.25, 0.3) is 0 Å². The number of hydrogen-bond donors (Lipinski definition) is 3. The lowest BCUT2D eigenvalue weighted by atomic mass is 10.0. The molecular formula is C34H34FN3O5.